The molecule has 0 amide bonds. The van der Waals surface area contributed by atoms with Gasteiger partial charge in [-0.25, -0.2) is 0 Å². The van der Waals surface area contributed by atoms with E-state index in [1.54, 1.807) is 0 Å². The molecule has 0 rings (SSSR count). The van der Waals surface area contributed by atoms with Crippen LogP contribution in [0.1, 0.15) is 13.8 Å². The van der Waals surface area contributed by atoms with Gasteiger partial charge in [0.1, 0.15) is 0 Å². The molecular formula is C8H19N3O. The van der Waals surface area contributed by atoms with E-state index in [2.05, 4.69) is 4.99 Å². The summed E-state index contributed by atoms with van der Waals surface area (Å²) >= 11 is 0. The third kappa shape index (κ3) is 4.96. The third-order valence-corrected chi connectivity index (χ3v) is 1.49. The van der Waals surface area contributed by atoms with E-state index in [0.717, 1.165) is 19.7 Å². The molecule has 0 aromatic heterocycles. The first-order valence-corrected chi connectivity index (χ1v) is 4.31. The Kier molecular flexibility index (Phi) is 6.47. The number of nitrogens with two attached hydrogens (primary N) is 1. The fourth-order valence-electron chi connectivity index (χ4n) is 0.743. The predicted octanol–water partition coefficient (Wildman–Crippen LogP) is 0.289. The highest BCUT2D eigenvalue weighted by Crippen LogP contribution is 1.83. The molecule has 0 unspecified atom stereocenters. The zero-order valence-corrected chi connectivity index (χ0v) is 8.21. The molecule has 0 spiro atoms. The molecule has 72 valence electrons. The maximum atomic E-state index is 5.63. The Balaban J connectivity index is 3.56. The van der Waals surface area contributed by atoms with E-state index in [1.807, 2.05) is 25.8 Å². The molecule has 0 heterocycles. The minimum absolute atomic E-state index is 0.581. The molecule has 0 atom stereocenters. The van der Waals surface area contributed by atoms with Crippen LogP contribution in [0.25, 0.3) is 0 Å². The first kappa shape index (κ1) is 11.2. The van der Waals surface area contributed by atoms with E-state index in [9.17, 15) is 0 Å². The lowest BCUT2D eigenvalue weighted by molar-refractivity contribution is 0.136. The second-order valence-corrected chi connectivity index (χ2v) is 2.45. The lowest BCUT2D eigenvalue weighted by Gasteiger charge is -2.17. The normalized spacial score (nSPS) is 11.8. The van der Waals surface area contributed by atoms with Crippen molar-refractivity contribution in [1.29, 1.82) is 0 Å². The van der Waals surface area contributed by atoms with E-state index >= 15 is 0 Å². The van der Waals surface area contributed by atoms with Crippen LogP contribution in [0.2, 0.25) is 0 Å². The maximum absolute atomic E-state index is 5.63. The second kappa shape index (κ2) is 6.91. The molecule has 0 saturated heterocycles. The summed E-state index contributed by atoms with van der Waals surface area (Å²) in [5.41, 5.74) is 5.63. The third-order valence-electron chi connectivity index (χ3n) is 1.49. The van der Waals surface area contributed by atoms with Crippen LogP contribution in [0.3, 0.4) is 0 Å². The van der Waals surface area contributed by atoms with Crippen LogP contribution >= 0.6 is 0 Å². The minimum Gasteiger partial charge on any atom is -0.380 e. The highest BCUT2D eigenvalue weighted by molar-refractivity contribution is 5.77. The van der Waals surface area contributed by atoms with Gasteiger partial charge >= 0.3 is 0 Å². The van der Waals surface area contributed by atoms with E-state index in [4.69, 9.17) is 10.5 Å². The van der Waals surface area contributed by atoms with Gasteiger partial charge in [0.15, 0.2) is 5.96 Å². The van der Waals surface area contributed by atoms with E-state index < -0.39 is 0 Å². The van der Waals surface area contributed by atoms with Gasteiger partial charge in [0.05, 0.1) is 6.61 Å². The summed E-state index contributed by atoms with van der Waals surface area (Å²) in [4.78, 5) is 5.96. The summed E-state index contributed by atoms with van der Waals surface area (Å²) in [6, 6.07) is 0. The Hall–Kier alpha value is -0.770. The quantitative estimate of drug-likeness (QED) is 0.369. The van der Waals surface area contributed by atoms with Crippen LogP contribution in [-0.2, 0) is 4.74 Å². The lowest BCUT2D eigenvalue weighted by atomic mass is 10.6. The largest absolute Gasteiger partial charge is 0.380 e. The summed E-state index contributed by atoms with van der Waals surface area (Å²) in [6.07, 6.45) is 0. The van der Waals surface area contributed by atoms with Gasteiger partial charge in [-0.2, -0.15) is 0 Å². The molecular weight excluding hydrogens is 154 g/mol. The van der Waals surface area contributed by atoms with Crippen molar-refractivity contribution in [3.05, 3.63) is 0 Å². The molecule has 0 aromatic carbocycles. The van der Waals surface area contributed by atoms with Gasteiger partial charge in [0, 0.05) is 26.7 Å². The lowest BCUT2D eigenvalue weighted by Crippen LogP contribution is -2.36. The summed E-state index contributed by atoms with van der Waals surface area (Å²) in [5, 5.41) is 0. The SMILES string of the molecule is CCN=C(N)N(C)CCOCC. The molecule has 4 nitrogen and oxygen atoms in total. The molecule has 0 aliphatic carbocycles. The zero-order valence-electron chi connectivity index (χ0n) is 8.21. The van der Waals surface area contributed by atoms with Crippen molar-refractivity contribution >= 4 is 5.96 Å². The molecule has 4 heteroatoms. The number of rotatable bonds is 5. The van der Waals surface area contributed by atoms with Crippen molar-refractivity contribution in [2.45, 2.75) is 13.8 Å². The van der Waals surface area contributed by atoms with Gasteiger partial charge in [0.2, 0.25) is 0 Å². The maximum Gasteiger partial charge on any atom is 0.191 e. The highest BCUT2D eigenvalue weighted by atomic mass is 16.5. The number of hydrogen-bond acceptors (Lipinski definition) is 2. The number of likely N-dealkylation sites (N-methyl/N-ethyl adjacent to an activating group) is 1. The average Bonchev–Trinajstić information content (AvgIpc) is 2.05. The van der Waals surface area contributed by atoms with Crippen molar-refractivity contribution in [3.8, 4) is 0 Å². The Labute approximate surface area is 74.4 Å². The zero-order chi connectivity index (χ0) is 9.40. The first-order valence-electron chi connectivity index (χ1n) is 4.31. The second-order valence-electron chi connectivity index (χ2n) is 2.45. The highest BCUT2D eigenvalue weighted by Gasteiger charge is 1.98. The summed E-state index contributed by atoms with van der Waals surface area (Å²) in [5.74, 6) is 0.581. The van der Waals surface area contributed by atoms with Crippen LogP contribution in [0, 0.1) is 0 Å². The minimum atomic E-state index is 0.581. The average molecular weight is 173 g/mol. The van der Waals surface area contributed by atoms with Crippen LogP contribution in [0.15, 0.2) is 4.99 Å². The predicted molar refractivity (Wildman–Crippen MR) is 51.3 cm³/mol. The Bertz CT molecular complexity index is 136. The van der Waals surface area contributed by atoms with Gasteiger partial charge < -0.3 is 15.4 Å². The first-order chi connectivity index (χ1) is 5.72. The van der Waals surface area contributed by atoms with Crippen LogP contribution in [0.5, 0.6) is 0 Å². The van der Waals surface area contributed by atoms with Gasteiger partial charge in [0.25, 0.3) is 0 Å². The molecule has 0 saturated carbocycles. The summed E-state index contributed by atoms with van der Waals surface area (Å²) in [7, 11) is 1.91. The molecule has 0 bridgehead atoms. The number of ether oxygens (including phenoxy) is 1. The standard InChI is InChI=1S/C8H19N3O/c1-4-10-8(9)11(3)6-7-12-5-2/h4-7H2,1-3H3,(H2,9,10). The Morgan fingerprint density at radius 2 is 2.17 bits per heavy atom. The van der Waals surface area contributed by atoms with Crippen molar-refractivity contribution in [2.24, 2.45) is 10.7 Å². The number of guanidine groups is 1. The van der Waals surface area contributed by atoms with Gasteiger partial charge in [-0.1, -0.05) is 0 Å². The molecule has 0 aliphatic heterocycles. The Morgan fingerprint density at radius 1 is 1.50 bits per heavy atom. The van der Waals surface area contributed by atoms with E-state index in [0.29, 0.717) is 12.6 Å². The fourth-order valence-corrected chi connectivity index (χ4v) is 0.743. The smallest absolute Gasteiger partial charge is 0.191 e. The number of nitrogens with zero attached hydrogens (tertiary/aromatic N) is 2. The molecule has 12 heavy (non-hydrogen) atoms. The fraction of sp³-hybridized carbons (Fsp3) is 0.875. The van der Waals surface area contributed by atoms with Gasteiger partial charge in [-0.3, -0.25) is 4.99 Å². The molecule has 2 N–H and O–H groups in total. The molecule has 0 aromatic rings. The summed E-state index contributed by atoms with van der Waals surface area (Å²) < 4.78 is 5.18. The van der Waals surface area contributed by atoms with Crippen molar-refractivity contribution in [1.82, 2.24) is 4.90 Å². The van der Waals surface area contributed by atoms with Crippen LogP contribution < -0.4 is 5.73 Å². The number of hydrogen-bond donors (Lipinski definition) is 1. The van der Waals surface area contributed by atoms with Gasteiger partial charge in [-0.05, 0) is 13.8 Å². The van der Waals surface area contributed by atoms with Crippen LogP contribution in [-0.4, -0.2) is 44.2 Å². The van der Waals surface area contributed by atoms with E-state index in [-0.39, 0.29) is 0 Å². The van der Waals surface area contributed by atoms with Crippen LogP contribution in [0.4, 0.5) is 0 Å². The van der Waals surface area contributed by atoms with E-state index in [1.165, 1.54) is 0 Å². The Morgan fingerprint density at radius 3 is 2.67 bits per heavy atom. The molecule has 0 radical (unpaired) electrons. The molecule has 0 fully saturated rings. The van der Waals surface area contributed by atoms with Gasteiger partial charge in [-0.15, -0.1) is 0 Å². The summed E-state index contributed by atoms with van der Waals surface area (Å²) in [6.45, 7) is 6.91. The monoisotopic (exact) mass is 173 g/mol. The topological polar surface area (TPSA) is 50.8 Å². The van der Waals surface area contributed by atoms with Crippen molar-refractivity contribution in [3.63, 3.8) is 0 Å². The number of aliphatic imine (C=N–C) groups is 1. The van der Waals surface area contributed by atoms with Crippen molar-refractivity contribution < 1.29 is 4.74 Å². The van der Waals surface area contributed by atoms with Crippen molar-refractivity contribution in [2.75, 3.05) is 33.4 Å². The molecule has 0 aliphatic rings.